The second kappa shape index (κ2) is 7.60. The number of hydrogen-bond acceptors (Lipinski definition) is 5. The van der Waals surface area contributed by atoms with E-state index in [9.17, 15) is 19.4 Å². The van der Waals surface area contributed by atoms with Crippen molar-refractivity contribution < 1.29 is 19.4 Å². The standard InChI is InChI=1S/C20H24FN3O3/c1-3-16-13(2)11-22-19(23-16)24-8-7-17(25)20(12-24,18(26)27)10-14-5-4-6-15(21)9-14/h4-6,9,11,17,25H,3,7-8,10,12H2,1-2H3,(H,26,27)/t17-,20-/m1/s1. The molecule has 1 saturated heterocycles. The lowest BCUT2D eigenvalue weighted by Gasteiger charge is -2.43. The molecule has 0 radical (unpaired) electrons. The molecule has 1 aromatic heterocycles. The van der Waals surface area contributed by atoms with Crippen molar-refractivity contribution in [1.29, 1.82) is 0 Å². The van der Waals surface area contributed by atoms with Crippen LogP contribution in [0.25, 0.3) is 0 Å². The number of carboxylic acid groups (broad SMARTS) is 1. The molecule has 3 rings (SSSR count). The first kappa shape index (κ1) is 19.2. The highest BCUT2D eigenvalue weighted by atomic mass is 19.1. The Hall–Kier alpha value is -2.54. The van der Waals surface area contributed by atoms with Crippen LogP contribution >= 0.6 is 0 Å². The third-order valence-electron chi connectivity index (χ3n) is 5.30. The molecule has 0 saturated carbocycles. The van der Waals surface area contributed by atoms with Crippen molar-refractivity contribution in [3.63, 3.8) is 0 Å². The largest absolute Gasteiger partial charge is 0.481 e. The molecule has 2 atom stereocenters. The van der Waals surface area contributed by atoms with Crippen molar-refractivity contribution >= 4 is 11.9 Å². The zero-order valence-electron chi connectivity index (χ0n) is 15.5. The number of benzene rings is 1. The van der Waals surface area contributed by atoms with Gasteiger partial charge in [0.25, 0.3) is 0 Å². The zero-order valence-corrected chi connectivity index (χ0v) is 15.5. The summed E-state index contributed by atoms with van der Waals surface area (Å²) >= 11 is 0. The first-order valence-corrected chi connectivity index (χ1v) is 9.09. The van der Waals surface area contributed by atoms with Crippen LogP contribution < -0.4 is 4.90 Å². The van der Waals surface area contributed by atoms with Crippen LogP contribution in [0, 0.1) is 18.2 Å². The minimum Gasteiger partial charge on any atom is -0.481 e. The number of carboxylic acids is 1. The summed E-state index contributed by atoms with van der Waals surface area (Å²) < 4.78 is 13.6. The normalized spacial score (nSPS) is 22.7. The molecule has 0 amide bonds. The lowest BCUT2D eigenvalue weighted by Crippen LogP contribution is -2.57. The third kappa shape index (κ3) is 3.78. The Labute approximate surface area is 157 Å². The van der Waals surface area contributed by atoms with Gasteiger partial charge >= 0.3 is 5.97 Å². The van der Waals surface area contributed by atoms with E-state index in [-0.39, 0.29) is 19.4 Å². The van der Waals surface area contributed by atoms with Gasteiger partial charge in [0.2, 0.25) is 5.95 Å². The number of anilines is 1. The Bertz CT molecular complexity index is 845. The number of aromatic nitrogens is 2. The third-order valence-corrected chi connectivity index (χ3v) is 5.30. The Morgan fingerprint density at radius 2 is 2.22 bits per heavy atom. The molecule has 2 heterocycles. The van der Waals surface area contributed by atoms with E-state index in [1.54, 1.807) is 23.2 Å². The maximum Gasteiger partial charge on any atom is 0.314 e. The molecule has 144 valence electrons. The van der Waals surface area contributed by atoms with Crippen LogP contribution in [0.4, 0.5) is 10.3 Å². The fraction of sp³-hybridized carbons (Fsp3) is 0.450. The molecule has 6 nitrogen and oxygen atoms in total. The number of hydrogen-bond donors (Lipinski definition) is 2. The molecular formula is C20H24FN3O3. The summed E-state index contributed by atoms with van der Waals surface area (Å²) in [7, 11) is 0. The summed E-state index contributed by atoms with van der Waals surface area (Å²) in [5.74, 6) is -1.06. The Balaban J connectivity index is 1.94. The van der Waals surface area contributed by atoms with Crippen molar-refractivity contribution in [1.82, 2.24) is 9.97 Å². The molecule has 2 aromatic rings. The van der Waals surface area contributed by atoms with Crippen LogP contribution in [-0.2, 0) is 17.6 Å². The van der Waals surface area contributed by atoms with Gasteiger partial charge in [-0.2, -0.15) is 0 Å². The molecule has 1 fully saturated rings. The van der Waals surface area contributed by atoms with Crippen molar-refractivity contribution in [2.75, 3.05) is 18.0 Å². The molecular weight excluding hydrogens is 349 g/mol. The molecule has 0 unspecified atom stereocenters. The number of aliphatic hydroxyl groups excluding tert-OH is 1. The first-order chi connectivity index (χ1) is 12.9. The fourth-order valence-electron chi connectivity index (χ4n) is 3.70. The predicted octanol–water partition coefficient (Wildman–Crippen LogP) is 2.37. The van der Waals surface area contributed by atoms with Crippen LogP contribution in [0.15, 0.2) is 30.5 Å². The second-order valence-electron chi connectivity index (χ2n) is 7.15. The molecule has 1 aliphatic heterocycles. The van der Waals surface area contributed by atoms with Crippen molar-refractivity contribution in [2.24, 2.45) is 5.41 Å². The number of nitrogens with zero attached hydrogens (tertiary/aromatic N) is 3. The van der Waals surface area contributed by atoms with Crippen LogP contribution in [0.5, 0.6) is 0 Å². The predicted molar refractivity (Wildman–Crippen MR) is 99.2 cm³/mol. The van der Waals surface area contributed by atoms with E-state index in [0.29, 0.717) is 18.1 Å². The van der Waals surface area contributed by atoms with Crippen molar-refractivity contribution in [3.8, 4) is 0 Å². The number of piperidine rings is 1. The zero-order chi connectivity index (χ0) is 19.6. The number of rotatable bonds is 5. The smallest absolute Gasteiger partial charge is 0.314 e. The number of aryl methyl sites for hydroxylation is 2. The molecule has 7 heteroatoms. The Kier molecular flexibility index (Phi) is 5.41. The quantitative estimate of drug-likeness (QED) is 0.837. The van der Waals surface area contributed by atoms with Gasteiger partial charge in [0, 0.05) is 25.0 Å². The molecule has 0 spiro atoms. The summed E-state index contributed by atoms with van der Waals surface area (Å²) in [6, 6.07) is 5.85. The van der Waals surface area contributed by atoms with E-state index in [0.717, 1.165) is 17.7 Å². The average molecular weight is 373 g/mol. The number of aliphatic hydroxyl groups is 1. The topological polar surface area (TPSA) is 86.5 Å². The van der Waals surface area contributed by atoms with E-state index < -0.39 is 23.3 Å². The second-order valence-corrected chi connectivity index (χ2v) is 7.15. The summed E-state index contributed by atoms with van der Waals surface area (Å²) in [5.41, 5.74) is 0.990. The summed E-state index contributed by atoms with van der Waals surface area (Å²) in [6.45, 7) is 4.47. The number of carbonyl (C=O) groups is 1. The van der Waals surface area contributed by atoms with E-state index >= 15 is 0 Å². The fourth-order valence-corrected chi connectivity index (χ4v) is 3.70. The molecule has 1 aliphatic rings. The Morgan fingerprint density at radius 1 is 1.44 bits per heavy atom. The first-order valence-electron chi connectivity index (χ1n) is 9.09. The van der Waals surface area contributed by atoms with E-state index in [1.165, 1.54) is 12.1 Å². The SMILES string of the molecule is CCc1nc(N2CC[C@@H](O)[C@](Cc3cccc(F)c3)(C(=O)O)C2)ncc1C. The van der Waals surface area contributed by atoms with Gasteiger partial charge in [-0.25, -0.2) is 14.4 Å². The van der Waals surface area contributed by atoms with Crippen LogP contribution in [0.1, 0.15) is 30.2 Å². The van der Waals surface area contributed by atoms with Crippen molar-refractivity contribution in [3.05, 3.63) is 53.1 Å². The summed E-state index contributed by atoms with van der Waals surface area (Å²) in [5, 5.41) is 20.6. The van der Waals surface area contributed by atoms with Crippen LogP contribution in [0.2, 0.25) is 0 Å². The lowest BCUT2D eigenvalue weighted by atomic mass is 9.73. The van der Waals surface area contributed by atoms with E-state index in [4.69, 9.17) is 0 Å². The van der Waals surface area contributed by atoms with Gasteiger partial charge < -0.3 is 15.1 Å². The van der Waals surface area contributed by atoms with Gasteiger partial charge in [-0.1, -0.05) is 19.1 Å². The van der Waals surface area contributed by atoms with Gasteiger partial charge in [0.15, 0.2) is 0 Å². The maximum atomic E-state index is 13.6. The summed E-state index contributed by atoms with van der Waals surface area (Å²) in [6.07, 6.45) is 1.77. The Morgan fingerprint density at radius 3 is 2.89 bits per heavy atom. The molecule has 27 heavy (non-hydrogen) atoms. The highest BCUT2D eigenvalue weighted by molar-refractivity contribution is 5.77. The van der Waals surface area contributed by atoms with Crippen LogP contribution in [0.3, 0.4) is 0 Å². The molecule has 0 aliphatic carbocycles. The monoisotopic (exact) mass is 373 g/mol. The van der Waals surface area contributed by atoms with E-state index in [2.05, 4.69) is 9.97 Å². The minimum atomic E-state index is -1.45. The van der Waals surface area contributed by atoms with Gasteiger partial charge in [-0.3, -0.25) is 4.79 Å². The highest BCUT2D eigenvalue weighted by Crippen LogP contribution is 2.36. The lowest BCUT2D eigenvalue weighted by molar-refractivity contribution is -0.157. The highest BCUT2D eigenvalue weighted by Gasteiger charge is 2.49. The number of aliphatic carboxylic acids is 1. The summed E-state index contributed by atoms with van der Waals surface area (Å²) in [4.78, 5) is 22.9. The van der Waals surface area contributed by atoms with Crippen LogP contribution in [-0.4, -0.2) is 45.3 Å². The van der Waals surface area contributed by atoms with Gasteiger partial charge in [0.1, 0.15) is 11.2 Å². The van der Waals surface area contributed by atoms with Gasteiger partial charge in [-0.15, -0.1) is 0 Å². The van der Waals surface area contributed by atoms with Crippen molar-refractivity contribution in [2.45, 2.75) is 39.2 Å². The molecule has 0 bridgehead atoms. The maximum absolute atomic E-state index is 13.6. The minimum absolute atomic E-state index is 0.0320. The average Bonchev–Trinajstić information content (AvgIpc) is 2.64. The molecule has 1 aromatic carbocycles. The van der Waals surface area contributed by atoms with E-state index in [1.807, 2.05) is 13.8 Å². The number of halogens is 1. The van der Waals surface area contributed by atoms with Gasteiger partial charge in [-0.05, 0) is 49.4 Å². The molecule has 2 N–H and O–H groups in total. The van der Waals surface area contributed by atoms with Gasteiger partial charge in [0.05, 0.1) is 6.10 Å².